The van der Waals surface area contributed by atoms with E-state index in [1.54, 1.807) is 12.4 Å². The first-order valence-electron chi connectivity index (χ1n) is 7.60. The number of nitrogens with one attached hydrogen (secondary N) is 1. The van der Waals surface area contributed by atoms with Gasteiger partial charge < -0.3 is 9.26 Å². The van der Waals surface area contributed by atoms with E-state index >= 15 is 0 Å². The van der Waals surface area contributed by atoms with Gasteiger partial charge in [0, 0.05) is 43.3 Å². The second kappa shape index (κ2) is 6.25. The van der Waals surface area contributed by atoms with Crippen LogP contribution in [0.25, 0.3) is 11.4 Å². The predicted molar refractivity (Wildman–Crippen MR) is 79.5 cm³/mol. The zero-order valence-electron chi connectivity index (χ0n) is 12.5. The lowest BCUT2D eigenvalue weighted by molar-refractivity contribution is 0.193. The summed E-state index contributed by atoms with van der Waals surface area (Å²) in [6.45, 7) is 1.49. The van der Waals surface area contributed by atoms with Gasteiger partial charge in [-0.3, -0.25) is 10.1 Å². The van der Waals surface area contributed by atoms with Gasteiger partial charge >= 0.3 is 0 Å². The first-order chi connectivity index (χ1) is 11.4. The van der Waals surface area contributed by atoms with Crippen molar-refractivity contribution >= 4 is 0 Å². The minimum absolute atomic E-state index is 0.306. The average molecular weight is 312 g/mol. The summed E-state index contributed by atoms with van der Waals surface area (Å²) in [6.07, 6.45) is 5.69. The molecule has 4 heterocycles. The Labute approximate surface area is 132 Å². The molecule has 0 amide bonds. The molecule has 8 nitrogen and oxygen atoms in total. The number of aromatic amines is 1. The zero-order valence-corrected chi connectivity index (χ0v) is 12.5. The average Bonchev–Trinajstić information content (AvgIpc) is 3.33. The first-order valence-corrected chi connectivity index (χ1v) is 7.60. The van der Waals surface area contributed by atoms with Gasteiger partial charge in [0.25, 0.3) is 0 Å². The molecule has 1 saturated heterocycles. The summed E-state index contributed by atoms with van der Waals surface area (Å²) < 4.78 is 10.6. The fraction of sp³-hybridized carbons (Fsp3) is 0.400. The van der Waals surface area contributed by atoms with Gasteiger partial charge in [-0.05, 0) is 18.6 Å². The number of aryl methyl sites for hydroxylation is 2. The molecular formula is C15H16N6O2. The maximum absolute atomic E-state index is 5.36. The Balaban J connectivity index is 1.39. The molecule has 0 aromatic carbocycles. The number of ether oxygens (including phenoxy) is 1. The van der Waals surface area contributed by atoms with Crippen LogP contribution in [0.3, 0.4) is 0 Å². The zero-order chi connectivity index (χ0) is 15.5. The van der Waals surface area contributed by atoms with Crippen LogP contribution in [0.2, 0.25) is 0 Å². The minimum Gasteiger partial charge on any atom is -0.381 e. The summed E-state index contributed by atoms with van der Waals surface area (Å²) in [7, 11) is 0. The second-order valence-electron chi connectivity index (χ2n) is 5.45. The van der Waals surface area contributed by atoms with Crippen LogP contribution < -0.4 is 0 Å². The van der Waals surface area contributed by atoms with Crippen molar-refractivity contribution in [3.8, 4) is 11.4 Å². The molecular weight excluding hydrogens is 296 g/mol. The fourth-order valence-electron chi connectivity index (χ4n) is 2.54. The Kier molecular flexibility index (Phi) is 3.81. The number of hydrogen-bond donors (Lipinski definition) is 1. The van der Waals surface area contributed by atoms with Crippen LogP contribution in [-0.4, -0.2) is 43.5 Å². The lowest BCUT2D eigenvalue weighted by atomic mass is 10.1. The van der Waals surface area contributed by atoms with Gasteiger partial charge in [0.05, 0.1) is 6.61 Å². The van der Waals surface area contributed by atoms with E-state index in [0.29, 0.717) is 37.1 Å². The molecule has 8 heteroatoms. The summed E-state index contributed by atoms with van der Waals surface area (Å²) in [5.41, 5.74) is 0.839. The van der Waals surface area contributed by atoms with Gasteiger partial charge in [-0.2, -0.15) is 10.1 Å². The molecule has 23 heavy (non-hydrogen) atoms. The third kappa shape index (κ3) is 3.11. The van der Waals surface area contributed by atoms with Gasteiger partial charge in [-0.1, -0.05) is 5.16 Å². The Hall–Kier alpha value is -2.61. The standard InChI is InChI=1S/C15H16N6O2/c1-2-10(8-16-6-1)15-18-13(23-21-15)4-3-12-17-14(20-19-12)11-5-7-22-9-11/h1-2,6,8,11H,3-5,7,9H2,(H,17,19,20)/t11-/m0/s1. The molecule has 1 N–H and O–H groups in total. The smallest absolute Gasteiger partial charge is 0.227 e. The highest BCUT2D eigenvalue weighted by molar-refractivity contribution is 5.51. The summed E-state index contributed by atoms with van der Waals surface area (Å²) >= 11 is 0. The quantitative estimate of drug-likeness (QED) is 0.762. The van der Waals surface area contributed by atoms with Crippen molar-refractivity contribution < 1.29 is 9.26 Å². The number of aromatic nitrogens is 6. The monoisotopic (exact) mass is 312 g/mol. The number of H-pyrrole nitrogens is 1. The van der Waals surface area contributed by atoms with E-state index in [1.807, 2.05) is 12.1 Å². The van der Waals surface area contributed by atoms with E-state index in [-0.39, 0.29) is 0 Å². The normalized spacial score (nSPS) is 17.7. The van der Waals surface area contributed by atoms with Gasteiger partial charge in [0.2, 0.25) is 11.7 Å². The maximum Gasteiger partial charge on any atom is 0.227 e. The van der Waals surface area contributed by atoms with Gasteiger partial charge in [0.1, 0.15) is 5.82 Å². The third-order valence-corrected chi connectivity index (χ3v) is 3.81. The van der Waals surface area contributed by atoms with E-state index in [1.165, 1.54) is 0 Å². The minimum atomic E-state index is 0.306. The molecule has 1 aliphatic heterocycles. The van der Waals surface area contributed by atoms with Crippen LogP contribution in [0, 0.1) is 0 Å². The molecule has 118 valence electrons. The summed E-state index contributed by atoms with van der Waals surface area (Å²) in [5, 5.41) is 11.2. The topological polar surface area (TPSA) is 103 Å². The van der Waals surface area contributed by atoms with E-state index < -0.39 is 0 Å². The fourth-order valence-corrected chi connectivity index (χ4v) is 2.54. The molecule has 0 spiro atoms. The van der Waals surface area contributed by atoms with Crippen molar-refractivity contribution in [2.75, 3.05) is 13.2 Å². The number of rotatable bonds is 5. The Morgan fingerprint density at radius 2 is 2.26 bits per heavy atom. The van der Waals surface area contributed by atoms with E-state index in [4.69, 9.17) is 9.26 Å². The molecule has 1 atom stereocenters. The van der Waals surface area contributed by atoms with Crippen molar-refractivity contribution in [2.24, 2.45) is 0 Å². The van der Waals surface area contributed by atoms with Crippen LogP contribution in [0.15, 0.2) is 29.0 Å². The molecule has 1 fully saturated rings. The van der Waals surface area contributed by atoms with Crippen LogP contribution in [-0.2, 0) is 17.6 Å². The van der Waals surface area contributed by atoms with Crippen molar-refractivity contribution in [3.63, 3.8) is 0 Å². The first kappa shape index (κ1) is 14.0. The van der Waals surface area contributed by atoms with Crippen molar-refractivity contribution in [3.05, 3.63) is 42.1 Å². The summed E-state index contributed by atoms with van der Waals surface area (Å²) in [4.78, 5) is 13.0. The molecule has 1 aliphatic rings. The second-order valence-corrected chi connectivity index (χ2v) is 5.45. The van der Waals surface area contributed by atoms with Crippen LogP contribution >= 0.6 is 0 Å². The Bertz CT molecular complexity index is 763. The van der Waals surface area contributed by atoms with Crippen molar-refractivity contribution in [1.29, 1.82) is 0 Å². The third-order valence-electron chi connectivity index (χ3n) is 3.81. The SMILES string of the molecule is c1cncc(-c2noc(CCc3nc([C@H]4CCOC4)n[nH]3)n2)c1. The highest BCUT2D eigenvalue weighted by Crippen LogP contribution is 2.22. The molecule has 0 bridgehead atoms. The lowest BCUT2D eigenvalue weighted by Crippen LogP contribution is -2.00. The van der Waals surface area contributed by atoms with E-state index in [0.717, 1.165) is 30.2 Å². The Morgan fingerprint density at radius 3 is 3.09 bits per heavy atom. The van der Waals surface area contributed by atoms with Gasteiger partial charge in [-0.25, -0.2) is 4.98 Å². The van der Waals surface area contributed by atoms with Crippen molar-refractivity contribution in [2.45, 2.75) is 25.2 Å². The summed E-state index contributed by atoms with van der Waals surface area (Å²) in [5.74, 6) is 3.09. The lowest BCUT2D eigenvalue weighted by Gasteiger charge is -1.98. The molecule has 3 aromatic heterocycles. The van der Waals surface area contributed by atoms with Gasteiger partial charge in [0.15, 0.2) is 5.82 Å². The Morgan fingerprint density at radius 1 is 1.26 bits per heavy atom. The molecule has 0 aliphatic carbocycles. The largest absolute Gasteiger partial charge is 0.381 e. The highest BCUT2D eigenvalue weighted by atomic mass is 16.5. The van der Waals surface area contributed by atoms with E-state index in [9.17, 15) is 0 Å². The number of pyridine rings is 1. The maximum atomic E-state index is 5.36. The molecule has 0 unspecified atom stereocenters. The number of nitrogens with zero attached hydrogens (tertiary/aromatic N) is 5. The van der Waals surface area contributed by atoms with Gasteiger partial charge in [-0.15, -0.1) is 0 Å². The van der Waals surface area contributed by atoms with Crippen LogP contribution in [0.5, 0.6) is 0 Å². The van der Waals surface area contributed by atoms with Crippen molar-refractivity contribution in [1.82, 2.24) is 30.3 Å². The van der Waals surface area contributed by atoms with Crippen LogP contribution in [0.4, 0.5) is 0 Å². The molecule has 0 radical (unpaired) electrons. The van der Waals surface area contributed by atoms with E-state index in [2.05, 4.69) is 30.3 Å². The molecule has 0 saturated carbocycles. The molecule has 3 aromatic rings. The predicted octanol–water partition coefficient (Wildman–Crippen LogP) is 1.54. The van der Waals surface area contributed by atoms with Crippen LogP contribution in [0.1, 0.15) is 29.9 Å². The number of hydrogen-bond acceptors (Lipinski definition) is 7. The highest BCUT2D eigenvalue weighted by Gasteiger charge is 2.22. The molecule has 4 rings (SSSR count). The summed E-state index contributed by atoms with van der Waals surface area (Å²) in [6, 6.07) is 3.74.